The Kier molecular flexibility index (Phi) is 4.06. The molecule has 1 aliphatic carbocycles. The first-order chi connectivity index (χ1) is 22.8. The fraction of sp³-hybridized carbons (Fsp3) is 0.0476. The predicted octanol–water partition coefficient (Wildman–Crippen LogP) is 11.3. The van der Waals surface area contributed by atoms with Crippen molar-refractivity contribution < 1.29 is 13.6 Å². The fourth-order valence-electron chi connectivity index (χ4n) is 8.44. The quantitative estimate of drug-likeness (QED) is 0.191. The molecule has 0 spiro atoms. The van der Waals surface area contributed by atoms with Gasteiger partial charge < -0.3 is 18.0 Å². The summed E-state index contributed by atoms with van der Waals surface area (Å²) >= 11 is 0. The van der Waals surface area contributed by atoms with Gasteiger partial charge in [0.05, 0.1) is 16.6 Å². The second-order valence-electron chi connectivity index (χ2n) is 12.8. The highest BCUT2D eigenvalue weighted by Crippen LogP contribution is 2.49. The molecule has 0 saturated carbocycles. The van der Waals surface area contributed by atoms with E-state index in [0.29, 0.717) is 0 Å². The molecule has 0 amide bonds. The summed E-state index contributed by atoms with van der Waals surface area (Å²) in [4.78, 5) is 0. The van der Waals surface area contributed by atoms with E-state index >= 15 is 0 Å². The van der Waals surface area contributed by atoms with E-state index in [9.17, 15) is 0 Å². The minimum absolute atomic E-state index is 0.0673. The third-order valence-electron chi connectivity index (χ3n) is 10.5. The number of ether oxygens (including phenoxy) is 1. The molecule has 2 atom stereocenters. The largest absolute Gasteiger partial charge is 0.485 e. The van der Waals surface area contributed by atoms with Crippen LogP contribution in [0, 0.1) is 0 Å². The molecular formula is C42H23NO3. The zero-order valence-corrected chi connectivity index (χ0v) is 24.5. The molecule has 0 fully saturated rings. The maximum Gasteiger partial charge on any atom is 0.160 e. The van der Waals surface area contributed by atoms with E-state index in [-0.39, 0.29) is 12.0 Å². The van der Waals surface area contributed by atoms with Crippen LogP contribution >= 0.6 is 0 Å². The van der Waals surface area contributed by atoms with E-state index in [1.807, 2.05) is 12.1 Å². The van der Waals surface area contributed by atoms with Gasteiger partial charge in [0.1, 0.15) is 23.0 Å². The maximum atomic E-state index is 6.69. The van der Waals surface area contributed by atoms with E-state index in [1.54, 1.807) is 0 Å². The number of benzene rings is 6. The lowest BCUT2D eigenvalue weighted by molar-refractivity contribution is 0.269. The predicted molar refractivity (Wildman–Crippen MR) is 187 cm³/mol. The summed E-state index contributed by atoms with van der Waals surface area (Å²) in [5.74, 6) is 1.21. The van der Waals surface area contributed by atoms with Crippen LogP contribution in [-0.2, 0) is 0 Å². The normalized spacial score (nSPS) is 17.6. The number of fused-ring (bicyclic) bond motifs is 17. The molecule has 4 heteroatoms. The fourth-order valence-corrected chi connectivity index (χ4v) is 8.44. The maximum absolute atomic E-state index is 6.69. The van der Waals surface area contributed by atoms with Crippen LogP contribution in [0.5, 0.6) is 5.75 Å². The molecule has 12 rings (SSSR count). The van der Waals surface area contributed by atoms with Gasteiger partial charge >= 0.3 is 0 Å². The van der Waals surface area contributed by atoms with Crippen LogP contribution in [0.3, 0.4) is 0 Å². The lowest BCUT2D eigenvalue weighted by Crippen LogP contribution is -2.15. The molecule has 4 nitrogen and oxygen atoms in total. The summed E-state index contributed by atoms with van der Waals surface area (Å²) < 4.78 is 22.1. The van der Waals surface area contributed by atoms with Gasteiger partial charge in [0, 0.05) is 54.6 Å². The van der Waals surface area contributed by atoms with Crippen molar-refractivity contribution in [1.82, 2.24) is 4.40 Å². The van der Waals surface area contributed by atoms with E-state index in [0.717, 1.165) is 60.7 Å². The van der Waals surface area contributed by atoms with Crippen molar-refractivity contribution in [3.63, 3.8) is 0 Å². The van der Waals surface area contributed by atoms with Crippen LogP contribution in [-0.4, -0.2) is 10.5 Å². The number of aromatic nitrogens is 1. The van der Waals surface area contributed by atoms with Crippen LogP contribution in [0.1, 0.15) is 11.5 Å². The number of rotatable bonds is 1. The van der Waals surface area contributed by atoms with Gasteiger partial charge in [-0.15, -0.1) is 0 Å². The van der Waals surface area contributed by atoms with Crippen molar-refractivity contribution in [1.29, 1.82) is 0 Å². The molecule has 1 aliphatic heterocycles. The molecule has 0 bridgehead atoms. The first-order valence-corrected chi connectivity index (χ1v) is 15.8. The number of hydrogen-bond donors (Lipinski definition) is 0. The molecule has 0 radical (unpaired) electrons. The van der Waals surface area contributed by atoms with E-state index in [1.165, 1.54) is 43.8 Å². The Bertz CT molecular complexity index is 2860. The van der Waals surface area contributed by atoms with Crippen molar-refractivity contribution in [3.8, 4) is 16.9 Å². The summed E-state index contributed by atoms with van der Waals surface area (Å²) in [5, 5.41) is 9.27. The molecular weight excluding hydrogens is 566 g/mol. The molecule has 214 valence electrons. The minimum atomic E-state index is 0.0673. The van der Waals surface area contributed by atoms with Gasteiger partial charge in [0.2, 0.25) is 0 Å². The highest BCUT2D eigenvalue weighted by molar-refractivity contribution is 6.31. The van der Waals surface area contributed by atoms with Crippen LogP contribution in [0.25, 0.3) is 93.1 Å². The Morgan fingerprint density at radius 1 is 0.478 bits per heavy atom. The SMILES string of the molecule is C1=CC2Oc3ccc(-c4cc5c6ccc7c8ccccc8oc7c6n6c5c(c4)c4ccc5c7ccccc7oc5c46)cc3C2C=C1. The molecule has 6 aromatic carbocycles. The topological polar surface area (TPSA) is 39.9 Å². The van der Waals surface area contributed by atoms with Gasteiger partial charge in [-0.25, -0.2) is 0 Å². The Balaban J connectivity index is 1.25. The Hall–Kier alpha value is -6.00. The third kappa shape index (κ3) is 2.73. The van der Waals surface area contributed by atoms with Crippen molar-refractivity contribution in [2.75, 3.05) is 0 Å². The van der Waals surface area contributed by atoms with E-state index in [4.69, 9.17) is 13.6 Å². The van der Waals surface area contributed by atoms with Crippen molar-refractivity contribution in [2.45, 2.75) is 12.0 Å². The van der Waals surface area contributed by atoms with Crippen molar-refractivity contribution >= 4 is 82.0 Å². The average Bonchev–Trinajstić information content (AvgIpc) is 3.90. The van der Waals surface area contributed by atoms with Gasteiger partial charge in [-0.1, -0.05) is 72.8 Å². The average molecular weight is 590 g/mol. The first kappa shape index (κ1) is 23.4. The van der Waals surface area contributed by atoms with Crippen LogP contribution in [0.4, 0.5) is 0 Å². The molecule has 10 aromatic rings. The summed E-state index contributed by atoms with van der Waals surface area (Å²) in [6, 6.07) is 37.0. The third-order valence-corrected chi connectivity index (χ3v) is 10.5. The monoisotopic (exact) mass is 589 g/mol. The number of hydrogen-bond acceptors (Lipinski definition) is 3. The summed E-state index contributed by atoms with van der Waals surface area (Å²) in [6.45, 7) is 0. The Morgan fingerprint density at radius 2 is 1.09 bits per heavy atom. The zero-order valence-electron chi connectivity index (χ0n) is 24.5. The van der Waals surface area contributed by atoms with Crippen molar-refractivity contribution in [3.05, 3.63) is 133 Å². The van der Waals surface area contributed by atoms with Gasteiger partial charge in [0.25, 0.3) is 0 Å². The summed E-state index contributed by atoms with van der Waals surface area (Å²) in [6.07, 6.45) is 8.68. The Labute approximate surface area is 261 Å². The summed E-state index contributed by atoms with van der Waals surface area (Å²) in [7, 11) is 0. The molecule has 5 heterocycles. The molecule has 2 unspecified atom stereocenters. The lowest BCUT2D eigenvalue weighted by atomic mass is 9.89. The van der Waals surface area contributed by atoms with E-state index in [2.05, 4.69) is 120 Å². The van der Waals surface area contributed by atoms with Gasteiger partial charge in [-0.3, -0.25) is 0 Å². The van der Waals surface area contributed by atoms with Crippen LogP contribution in [0.2, 0.25) is 0 Å². The zero-order chi connectivity index (χ0) is 29.7. The first-order valence-electron chi connectivity index (χ1n) is 15.8. The highest BCUT2D eigenvalue weighted by Gasteiger charge is 2.32. The standard InChI is InChI=1S/C42H23NO3/c1-5-11-35-24(7-1)29-16-14-27-32-20-23(22-13-18-37-31(19-22)26-9-3-4-10-34(26)44-37)21-33-28-15-17-30-25-8-2-6-12-36(25)46-42(30)40(28)43(38(32)33)39(27)41(29)45-35/h1-21,26,34H. The van der Waals surface area contributed by atoms with Gasteiger partial charge in [-0.05, 0) is 65.7 Å². The number of furan rings is 2. The molecule has 4 aromatic heterocycles. The highest BCUT2D eigenvalue weighted by atomic mass is 16.5. The van der Waals surface area contributed by atoms with Crippen LogP contribution in [0.15, 0.2) is 136 Å². The molecule has 46 heavy (non-hydrogen) atoms. The number of para-hydroxylation sites is 2. The number of allylic oxidation sites excluding steroid dienone is 2. The van der Waals surface area contributed by atoms with E-state index < -0.39 is 0 Å². The second-order valence-corrected chi connectivity index (χ2v) is 12.8. The molecule has 2 aliphatic rings. The Morgan fingerprint density at radius 3 is 1.76 bits per heavy atom. The lowest BCUT2D eigenvalue weighted by Gasteiger charge is -2.14. The van der Waals surface area contributed by atoms with Gasteiger partial charge in [-0.2, -0.15) is 0 Å². The summed E-state index contributed by atoms with van der Waals surface area (Å²) in [5.41, 5.74) is 10.6. The van der Waals surface area contributed by atoms with Crippen molar-refractivity contribution in [2.24, 2.45) is 0 Å². The second kappa shape index (κ2) is 7.98. The van der Waals surface area contributed by atoms with Gasteiger partial charge in [0.15, 0.2) is 11.2 Å². The minimum Gasteiger partial charge on any atom is -0.485 e. The molecule has 0 N–H and O–H groups in total. The van der Waals surface area contributed by atoms with Crippen LogP contribution < -0.4 is 4.74 Å². The smallest absolute Gasteiger partial charge is 0.160 e. The number of nitrogens with zero attached hydrogens (tertiary/aromatic N) is 1. The molecule has 0 saturated heterocycles.